The number of carbonyl (C=O) groups is 4. The number of aliphatic hydroxyl groups is 1. The molecule has 0 aliphatic rings. The Bertz CT molecular complexity index is 1470. The van der Waals surface area contributed by atoms with Gasteiger partial charge in [0.05, 0.1) is 35.7 Å². The fraction of sp³-hybridized carbons (Fsp3) is 0.618. The number of allylic oxidation sites excluding steroid dienone is 3. The van der Waals surface area contributed by atoms with Crippen LogP contribution in [0, 0.1) is 17.3 Å². The minimum absolute atomic E-state index is 0.145. The van der Waals surface area contributed by atoms with Gasteiger partial charge in [0.25, 0.3) is 0 Å². The maximum atomic E-state index is 13.7. The van der Waals surface area contributed by atoms with Crippen molar-refractivity contribution >= 4 is 111 Å². The van der Waals surface area contributed by atoms with Crippen LogP contribution in [0.1, 0.15) is 71.5 Å². The number of ketones is 1. The lowest BCUT2D eigenvalue weighted by molar-refractivity contribution is -0.149. The zero-order valence-electron chi connectivity index (χ0n) is 30.2. The average molecular weight is 889 g/mol. The maximum Gasteiger partial charge on any atom is 0.508 e. The number of alkyl halides is 6. The Morgan fingerprint density at radius 3 is 2.08 bits per heavy atom. The van der Waals surface area contributed by atoms with Crippen molar-refractivity contribution in [2.24, 2.45) is 17.3 Å². The van der Waals surface area contributed by atoms with Crippen molar-refractivity contribution in [1.29, 1.82) is 0 Å². The van der Waals surface area contributed by atoms with E-state index in [4.69, 9.17) is 93.3 Å². The summed E-state index contributed by atoms with van der Waals surface area (Å²) in [6.45, 7) is 8.93. The predicted molar refractivity (Wildman–Crippen MR) is 207 cm³/mol. The number of carboxylic acids is 1. The largest absolute Gasteiger partial charge is 0.508 e. The van der Waals surface area contributed by atoms with Gasteiger partial charge in [-0.3, -0.25) is 9.59 Å². The van der Waals surface area contributed by atoms with Crippen LogP contribution < -0.4 is 0 Å². The van der Waals surface area contributed by atoms with E-state index in [1.165, 1.54) is 18.4 Å². The van der Waals surface area contributed by atoms with E-state index in [2.05, 4.69) is 4.98 Å². The highest BCUT2D eigenvalue weighted by atomic mass is 35.6. The van der Waals surface area contributed by atoms with Gasteiger partial charge in [0.15, 0.2) is 0 Å². The van der Waals surface area contributed by atoms with Gasteiger partial charge in [-0.05, 0) is 44.3 Å². The van der Waals surface area contributed by atoms with E-state index in [0.29, 0.717) is 29.1 Å². The molecule has 12 nitrogen and oxygen atoms in total. The van der Waals surface area contributed by atoms with Crippen LogP contribution in [-0.4, -0.2) is 85.5 Å². The van der Waals surface area contributed by atoms with Crippen LogP contribution in [0.3, 0.4) is 0 Å². The molecule has 1 aromatic heterocycles. The quantitative estimate of drug-likeness (QED) is 0.0724. The summed E-state index contributed by atoms with van der Waals surface area (Å²) in [7, 11) is 1.32. The molecule has 0 amide bonds. The molecule has 0 aliphatic heterocycles. The summed E-state index contributed by atoms with van der Waals surface area (Å²) in [4.78, 5) is 53.8. The number of carboxylic acid groups (broad SMARTS) is 1. The van der Waals surface area contributed by atoms with Gasteiger partial charge in [-0.25, -0.2) is 14.6 Å². The lowest BCUT2D eigenvalue weighted by Crippen LogP contribution is -2.47. The average Bonchev–Trinajstić information content (AvgIpc) is 3.50. The molecule has 0 radical (unpaired) electrons. The molecule has 0 spiro atoms. The molecule has 0 aliphatic carbocycles. The number of aliphatic carboxylic acids is 1. The van der Waals surface area contributed by atoms with Crippen molar-refractivity contribution in [2.75, 3.05) is 20.3 Å². The smallest absolute Gasteiger partial charge is 0.481 e. The Morgan fingerprint density at radius 1 is 0.943 bits per heavy atom. The van der Waals surface area contributed by atoms with Crippen molar-refractivity contribution in [3.05, 3.63) is 45.5 Å². The topological polar surface area (TPSA) is 168 Å². The Labute approximate surface area is 343 Å². The molecular formula is C34H45Cl6NO11S. The predicted octanol–water partition coefficient (Wildman–Crippen LogP) is 9.46. The Balaban J connectivity index is 2.95. The molecule has 0 aromatic carbocycles. The van der Waals surface area contributed by atoms with E-state index in [0.717, 1.165) is 5.57 Å². The third-order valence-electron chi connectivity index (χ3n) is 7.83. The standard InChI is InChI=1S/C34H45Cl6NO11S/c1-19(11-12-24(42)21(3)13-23-16-53-26(41-23)15-49-30(46)50-17-33(35,36)37)9-8-10-20(2)28(52-31(47)51-18-34(38,39)40)22(4)29(45)32(5,6)25(48-7)14-27(43)44/h8-9,11,13,16,20,22,24-25,28,42H,10,12,14-15,17-18H2,1-7H3,(H,43,44)/b9-8+,19-11-,21-13+/t20-,22+,24-,25-,28-/m0/s1. The zero-order chi connectivity index (χ0) is 40.7. The van der Waals surface area contributed by atoms with E-state index in [1.54, 1.807) is 46.1 Å². The van der Waals surface area contributed by atoms with E-state index >= 15 is 0 Å². The van der Waals surface area contributed by atoms with Gasteiger partial charge in [0.2, 0.25) is 7.59 Å². The monoisotopic (exact) mass is 885 g/mol. The lowest BCUT2D eigenvalue weighted by atomic mass is 9.73. The van der Waals surface area contributed by atoms with Gasteiger partial charge in [-0.15, -0.1) is 11.3 Å². The van der Waals surface area contributed by atoms with Crippen LogP contribution in [0.5, 0.6) is 0 Å². The molecule has 1 rings (SSSR count). The molecular weight excluding hydrogens is 843 g/mol. The number of aliphatic hydroxyl groups excluding tert-OH is 1. The summed E-state index contributed by atoms with van der Waals surface area (Å²) >= 11 is 35.0. The first-order valence-electron chi connectivity index (χ1n) is 16.1. The first-order valence-corrected chi connectivity index (χ1v) is 19.2. The van der Waals surface area contributed by atoms with Crippen molar-refractivity contribution in [3.8, 4) is 0 Å². The molecule has 5 atom stereocenters. The van der Waals surface area contributed by atoms with Crippen molar-refractivity contribution in [1.82, 2.24) is 4.98 Å². The molecule has 0 unspecified atom stereocenters. The molecule has 0 fully saturated rings. The number of halogens is 6. The molecule has 53 heavy (non-hydrogen) atoms. The zero-order valence-corrected chi connectivity index (χ0v) is 35.6. The van der Waals surface area contributed by atoms with Crippen LogP contribution in [0.25, 0.3) is 6.08 Å². The van der Waals surface area contributed by atoms with Crippen LogP contribution in [0.4, 0.5) is 9.59 Å². The molecule has 1 aromatic rings. The Morgan fingerprint density at radius 2 is 1.53 bits per heavy atom. The van der Waals surface area contributed by atoms with Crippen molar-refractivity contribution in [3.63, 3.8) is 0 Å². The fourth-order valence-electron chi connectivity index (χ4n) is 4.93. The van der Waals surface area contributed by atoms with E-state index in [9.17, 15) is 29.4 Å². The molecule has 300 valence electrons. The van der Waals surface area contributed by atoms with Gasteiger partial charge < -0.3 is 33.9 Å². The number of aromatic nitrogens is 1. The number of nitrogens with zero attached hydrogens (tertiary/aromatic N) is 1. The molecule has 0 saturated carbocycles. The second-order valence-electron chi connectivity index (χ2n) is 12.7. The summed E-state index contributed by atoms with van der Waals surface area (Å²) < 4.78 is 21.9. The number of Topliss-reactive ketones (excluding diaryl/α,β-unsaturated/α-hetero) is 1. The Hall–Kier alpha value is -1.81. The highest BCUT2D eigenvalue weighted by Crippen LogP contribution is 2.34. The molecule has 19 heteroatoms. The molecule has 1 heterocycles. The maximum absolute atomic E-state index is 13.7. The second kappa shape index (κ2) is 22.7. The van der Waals surface area contributed by atoms with Crippen LogP contribution in [-0.2, 0) is 39.9 Å². The molecule has 2 N–H and O–H groups in total. The number of hydrogen-bond acceptors (Lipinski definition) is 12. The summed E-state index contributed by atoms with van der Waals surface area (Å²) in [6, 6.07) is 0. The minimum atomic E-state index is -1.88. The molecule has 0 bridgehead atoms. The summed E-state index contributed by atoms with van der Waals surface area (Å²) in [5.41, 5.74) is 0.797. The van der Waals surface area contributed by atoms with Crippen LogP contribution in [0.2, 0.25) is 0 Å². The summed E-state index contributed by atoms with van der Waals surface area (Å²) in [5.74, 6) is -2.84. The Kier molecular flexibility index (Phi) is 21.0. The number of methoxy groups -OCH3 is 1. The highest BCUT2D eigenvalue weighted by Gasteiger charge is 2.44. The number of hydrogen-bond donors (Lipinski definition) is 2. The number of carbonyl (C=O) groups excluding carboxylic acids is 3. The van der Waals surface area contributed by atoms with E-state index < -0.39 is 81.1 Å². The van der Waals surface area contributed by atoms with Gasteiger partial charge in [-0.1, -0.05) is 121 Å². The minimum Gasteiger partial charge on any atom is -0.481 e. The van der Waals surface area contributed by atoms with Crippen LogP contribution >= 0.6 is 80.9 Å². The highest BCUT2D eigenvalue weighted by molar-refractivity contribution is 7.09. The number of thiazole rings is 1. The van der Waals surface area contributed by atoms with E-state index in [1.807, 2.05) is 25.2 Å². The van der Waals surface area contributed by atoms with E-state index in [-0.39, 0.29) is 12.4 Å². The third-order valence-corrected chi connectivity index (χ3v) is 9.32. The van der Waals surface area contributed by atoms with Crippen molar-refractivity contribution in [2.45, 2.75) is 93.3 Å². The van der Waals surface area contributed by atoms with Crippen LogP contribution in [0.15, 0.2) is 34.8 Å². The summed E-state index contributed by atoms with van der Waals surface area (Å²) in [5, 5.41) is 22.3. The van der Waals surface area contributed by atoms with Gasteiger partial charge in [-0.2, -0.15) is 0 Å². The van der Waals surface area contributed by atoms with Crippen molar-refractivity contribution < 1.29 is 53.1 Å². The second-order valence-corrected chi connectivity index (χ2v) is 18.7. The number of rotatable bonds is 20. The third kappa shape index (κ3) is 19.6. The molecule has 0 saturated heterocycles. The lowest BCUT2D eigenvalue weighted by Gasteiger charge is -2.36. The first-order chi connectivity index (χ1) is 24.4. The normalized spacial score (nSPS) is 16.0. The van der Waals surface area contributed by atoms with Gasteiger partial charge in [0.1, 0.15) is 36.7 Å². The SMILES string of the molecule is CO[C@@H](CC(=O)O)C(C)(C)C(=O)[C@H](C)[C@@H](OC(=O)OCC(Cl)(Cl)Cl)[C@@H](C)C/C=C/C(C)=C\C[C@H](O)/C(C)=C/c1csc(COC(=O)OCC(Cl)(Cl)Cl)n1. The van der Waals surface area contributed by atoms with Gasteiger partial charge in [0, 0.05) is 12.5 Å². The fourth-order valence-corrected chi connectivity index (χ4v) is 5.92. The van der Waals surface area contributed by atoms with Gasteiger partial charge >= 0.3 is 18.3 Å². The summed E-state index contributed by atoms with van der Waals surface area (Å²) in [6.07, 6.45) is 2.55. The number of ether oxygens (including phenoxy) is 5. The first kappa shape index (κ1) is 49.2.